The monoisotopic (exact) mass is 288 g/mol. The number of aryl methyl sites for hydroxylation is 2. The summed E-state index contributed by atoms with van der Waals surface area (Å²) in [5.41, 5.74) is 2.67. The lowest BCUT2D eigenvalue weighted by Gasteiger charge is -2.33. The largest absolute Gasteiger partial charge is 0.342 e. The fourth-order valence-electron chi connectivity index (χ4n) is 2.89. The van der Waals surface area contributed by atoms with Gasteiger partial charge in [-0.15, -0.1) is 0 Å². The Morgan fingerprint density at radius 2 is 1.81 bits per heavy atom. The number of hydrogen-bond donors (Lipinski definition) is 1. The third-order valence-electron chi connectivity index (χ3n) is 4.23. The lowest BCUT2D eigenvalue weighted by Crippen LogP contribution is -2.53. The number of rotatable bonds is 2. The van der Waals surface area contributed by atoms with E-state index < -0.39 is 5.54 Å². The van der Waals surface area contributed by atoms with E-state index in [1.54, 1.807) is 13.8 Å². The third-order valence-corrected chi connectivity index (χ3v) is 4.23. The molecule has 1 unspecified atom stereocenters. The van der Waals surface area contributed by atoms with Crippen LogP contribution in [0.2, 0.25) is 0 Å². The maximum absolute atomic E-state index is 12.8. The van der Waals surface area contributed by atoms with Gasteiger partial charge in [-0.2, -0.15) is 0 Å². The average molecular weight is 288 g/mol. The van der Waals surface area contributed by atoms with Crippen LogP contribution >= 0.6 is 0 Å². The number of benzene rings is 1. The van der Waals surface area contributed by atoms with E-state index in [4.69, 9.17) is 0 Å². The molecule has 4 nitrogen and oxygen atoms in total. The van der Waals surface area contributed by atoms with Gasteiger partial charge in [0.05, 0.1) is 0 Å². The van der Waals surface area contributed by atoms with Crippen LogP contribution in [0.25, 0.3) is 0 Å². The maximum atomic E-state index is 12.8. The summed E-state index contributed by atoms with van der Waals surface area (Å²) in [7, 11) is 0. The highest BCUT2D eigenvalue weighted by Crippen LogP contribution is 2.23. The van der Waals surface area contributed by atoms with Crippen molar-refractivity contribution < 1.29 is 9.59 Å². The molecule has 1 atom stereocenters. The highest BCUT2D eigenvalue weighted by Gasteiger charge is 2.39. The van der Waals surface area contributed by atoms with Gasteiger partial charge in [0.15, 0.2) is 0 Å². The first-order valence-corrected chi connectivity index (χ1v) is 7.39. The van der Waals surface area contributed by atoms with E-state index in [-0.39, 0.29) is 17.9 Å². The van der Waals surface area contributed by atoms with Crippen molar-refractivity contribution in [1.29, 1.82) is 0 Å². The van der Waals surface area contributed by atoms with Gasteiger partial charge < -0.3 is 10.2 Å². The van der Waals surface area contributed by atoms with E-state index in [1.165, 1.54) is 16.7 Å². The summed E-state index contributed by atoms with van der Waals surface area (Å²) in [5, 5.41) is 2.81. The zero-order chi connectivity index (χ0) is 15.8. The minimum atomic E-state index is -0.849. The average Bonchev–Trinajstić information content (AvgIpc) is 2.42. The van der Waals surface area contributed by atoms with Crippen molar-refractivity contribution in [2.45, 2.75) is 59.2 Å². The van der Waals surface area contributed by atoms with Crippen LogP contribution in [0.1, 0.15) is 43.9 Å². The van der Waals surface area contributed by atoms with E-state index >= 15 is 0 Å². The number of nitrogens with zero attached hydrogens (tertiary/aromatic N) is 1. The fourth-order valence-corrected chi connectivity index (χ4v) is 2.89. The first kappa shape index (κ1) is 15.5. The van der Waals surface area contributed by atoms with Crippen molar-refractivity contribution in [2.75, 3.05) is 0 Å². The minimum Gasteiger partial charge on any atom is -0.342 e. The Morgan fingerprint density at radius 3 is 2.38 bits per heavy atom. The highest BCUT2D eigenvalue weighted by atomic mass is 16.2. The van der Waals surface area contributed by atoms with Crippen LogP contribution in [0.3, 0.4) is 0 Å². The van der Waals surface area contributed by atoms with Crippen molar-refractivity contribution in [1.82, 2.24) is 10.2 Å². The number of amides is 2. The molecule has 0 saturated carbocycles. The summed E-state index contributed by atoms with van der Waals surface area (Å²) < 4.78 is 0. The first-order valence-electron chi connectivity index (χ1n) is 7.39. The maximum Gasteiger partial charge on any atom is 0.248 e. The first-order chi connectivity index (χ1) is 9.72. The summed E-state index contributed by atoms with van der Waals surface area (Å²) >= 11 is 0. The predicted octanol–water partition coefficient (Wildman–Crippen LogP) is 2.32. The minimum absolute atomic E-state index is 0.0245. The molecule has 1 aromatic rings. The molecular weight excluding hydrogens is 264 g/mol. The molecule has 1 heterocycles. The molecule has 114 valence electrons. The third kappa shape index (κ3) is 3.09. The quantitative estimate of drug-likeness (QED) is 0.908. The molecule has 1 aliphatic heterocycles. The summed E-state index contributed by atoms with van der Waals surface area (Å²) in [6, 6.07) is 6.04. The van der Waals surface area contributed by atoms with Crippen LogP contribution in [0.5, 0.6) is 0 Å². The number of carbonyl (C=O) groups excluding carboxylic acids is 2. The molecule has 2 amide bonds. The van der Waals surface area contributed by atoms with Crippen molar-refractivity contribution >= 4 is 11.8 Å². The van der Waals surface area contributed by atoms with Gasteiger partial charge in [-0.3, -0.25) is 9.59 Å². The molecule has 1 saturated heterocycles. The van der Waals surface area contributed by atoms with Gasteiger partial charge in [-0.05, 0) is 51.3 Å². The van der Waals surface area contributed by atoms with Crippen LogP contribution in [0.4, 0.5) is 0 Å². The van der Waals surface area contributed by atoms with Gasteiger partial charge in [-0.1, -0.05) is 18.2 Å². The normalized spacial score (nSPS) is 22.0. The van der Waals surface area contributed by atoms with Gasteiger partial charge in [0.25, 0.3) is 0 Å². The van der Waals surface area contributed by atoms with Crippen LogP contribution in [0.15, 0.2) is 18.2 Å². The van der Waals surface area contributed by atoms with E-state index in [2.05, 4.69) is 31.3 Å². The van der Waals surface area contributed by atoms with Crippen molar-refractivity contribution in [3.8, 4) is 0 Å². The zero-order valence-electron chi connectivity index (χ0n) is 13.5. The van der Waals surface area contributed by atoms with Gasteiger partial charge in [0, 0.05) is 19.0 Å². The molecule has 1 aromatic carbocycles. The Labute approximate surface area is 126 Å². The SMILES string of the molecule is Cc1cccc(C)c1CN1C(=O)C(C)(C)NC(=O)CC1C. The van der Waals surface area contributed by atoms with Crippen LogP contribution in [0, 0.1) is 13.8 Å². The van der Waals surface area contributed by atoms with Gasteiger partial charge >= 0.3 is 0 Å². The summed E-state index contributed by atoms with van der Waals surface area (Å²) in [5.74, 6) is -0.0895. The molecule has 21 heavy (non-hydrogen) atoms. The second-order valence-electron chi connectivity index (χ2n) is 6.53. The Balaban J connectivity index is 2.36. The second-order valence-corrected chi connectivity index (χ2v) is 6.53. The lowest BCUT2D eigenvalue weighted by molar-refractivity contribution is -0.139. The zero-order valence-corrected chi connectivity index (χ0v) is 13.5. The summed E-state index contributed by atoms with van der Waals surface area (Å²) in [6.45, 7) is 10.1. The molecular formula is C17H24N2O2. The lowest BCUT2D eigenvalue weighted by atomic mass is 9.99. The Morgan fingerprint density at radius 1 is 1.24 bits per heavy atom. The van der Waals surface area contributed by atoms with E-state index in [9.17, 15) is 9.59 Å². The number of nitrogens with one attached hydrogen (secondary N) is 1. The smallest absolute Gasteiger partial charge is 0.248 e. The molecule has 1 N–H and O–H groups in total. The second kappa shape index (κ2) is 5.51. The fraction of sp³-hybridized carbons (Fsp3) is 0.529. The van der Waals surface area contributed by atoms with Gasteiger partial charge in [0.2, 0.25) is 11.8 Å². The standard InChI is InChI=1S/C17H24N2O2/c1-11-7-6-8-12(2)14(11)10-19-13(3)9-15(20)18-17(4,5)16(19)21/h6-8,13H,9-10H2,1-5H3,(H,18,20). The summed E-state index contributed by atoms with van der Waals surface area (Å²) in [6.07, 6.45) is 0.347. The Kier molecular flexibility index (Phi) is 4.08. The molecule has 0 aliphatic carbocycles. The van der Waals surface area contributed by atoms with Crippen molar-refractivity contribution in [3.05, 3.63) is 34.9 Å². The highest BCUT2D eigenvalue weighted by molar-refractivity contribution is 5.93. The van der Waals surface area contributed by atoms with E-state index in [1.807, 2.05) is 17.9 Å². The predicted molar refractivity (Wildman–Crippen MR) is 82.8 cm³/mol. The Hall–Kier alpha value is -1.84. The van der Waals surface area contributed by atoms with E-state index in [0.29, 0.717) is 13.0 Å². The molecule has 0 radical (unpaired) electrons. The molecule has 0 spiro atoms. The number of carbonyl (C=O) groups is 2. The van der Waals surface area contributed by atoms with E-state index in [0.717, 1.165) is 0 Å². The molecule has 0 aromatic heterocycles. The van der Waals surface area contributed by atoms with Crippen LogP contribution < -0.4 is 5.32 Å². The molecule has 4 heteroatoms. The molecule has 0 bridgehead atoms. The Bertz CT molecular complexity index is 558. The molecule has 1 aliphatic rings. The number of hydrogen-bond acceptors (Lipinski definition) is 2. The molecule has 1 fully saturated rings. The van der Waals surface area contributed by atoms with Gasteiger partial charge in [-0.25, -0.2) is 0 Å². The topological polar surface area (TPSA) is 49.4 Å². The molecule has 2 rings (SSSR count). The van der Waals surface area contributed by atoms with Crippen LogP contribution in [-0.2, 0) is 16.1 Å². The van der Waals surface area contributed by atoms with Crippen molar-refractivity contribution in [2.24, 2.45) is 0 Å². The van der Waals surface area contributed by atoms with Gasteiger partial charge in [0.1, 0.15) is 5.54 Å². The van der Waals surface area contributed by atoms with Crippen LogP contribution in [-0.4, -0.2) is 28.3 Å². The van der Waals surface area contributed by atoms with Crippen molar-refractivity contribution in [3.63, 3.8) is 0 Å². The summed E-state index contributed by atoms with van der Waals surface area (Å²) in [4.78, 5) is 26.5.